The van der Waals surface area contributed by atoms with Crippen LogP contribution in [0.4, 0.5) is 17.6 Å². The van der Waals surface area contributed by atoms with Crippen molar-refractivity contribution in [2.75, 3.05) is 7.11 Å². The Bertz CT molecular complexity index is 978. The second kappa shape index (κ2) is 10.7. The van der Waals surface area contributed by atoms with Gasteiger partial charge in [-0.15, -0.1) is 0 Å². The molecule has 2 N–H and O–H groups in total. The van der Waals surface area contributed by atoms with Gasteiger partial charge in [-0.3, -0.25) is 9.59 Å². The van der Waals surface area contributed by atoms with Crippen LogP contribution in [0.3, 0.4) is 0 Å². The highest BCUT2D eigenvalue weighted by Crippen LogP contribution is 2.32. The van der Waals surface area contributed by atoms with E-state index in [-0.39, 0.29) is 17.5 Å². The van der Waals surface area contributed by atoms with E-state index in [0.29, 0.717) is 0 Å². The average molecular weight is 454 g/mol. The van der Waals surface area contributed by atoms with E-state index in [2.05, 4.69) is 15.4 Å². The number of esters is 1. The molecule has 0 radical (unpaired) electrons. The van der Waals surface area contributed by atoms with E-state index in [1.807, 2.05) is 0 Å². The van der Waals surface area contributed by atoms with Crippen molar-refractivity contribution in [1.29, 1.82) is 0 Å². The number of hydrogen-bond donors (Lipinski definition) is 2. The fourth-order valence-electron chi connectivity index (χ4n) is 3.14. The molecule has 2 aromatic carbocycles. The Morgan fingerprint density at radius 3 is 2.03 bits per heavy atom. The average Bonchev–Trinajstić information content (AvgIpc) is 2.73. The molecule has 32 heavy (non-hydrogen) atoms. The Balaban J connectivity index is 2.28. The third-order valence-electron chi connectivity index (χ3n) is 4.62. The zero-order valence-corrected chi connectivity index (χ0v) is 17.3. The molecule has 0 saturated carbocycles. The fourth-order valence-corrected chi connectivity index (χ4v) is 3.14. The molecule has 0 spiro atoms. The van der Waals surface area contributed by atoms with E-state index >= 15 is 0 Å². The first kappa shape index (κ1) is 24.8. The van der Waals surface area contributed by atoms with Gasteiger partial charge in [0.25, 0.3) is 0 Å². The van der Waals surface area contributed by atoms with Crippen LogP contribution in [0.5, 0.6) is 0 Å². The standard InChI is InChI=1S/C22H22F4N2O4/c1-13(29)27-18(12-15-8-4-6-10-17(15)23)20(30)28-19(21(31)32-2)11-14-7-3-5-9-16(14)22(24,25)26/h3-10,18-19H,11-12H2,1-2H3,(H,27,29)(H,28,30)/t18-,19+/m1/s1. The van der Waals surface area contributed by atoms with Crippen molar-refractivity contribution in [3.63, 3.8) is 0 Å². The van der Waals surface area contributed by atoms with Gasteiger partial charge < -0.3 is 15.4 Å². The Kier molecular flexibility index (Phi) is 8.34. The largest absolute Gasteiger partial charge is 0.467 e. The minimum absolute atomic E-state index is 0.137. The summed E-state index contributed by atoms with van der Waals surface area (Å²) in [5.74, 6) is -3.02. The molecule has 0 heterocycles. The van der Waals surface area contributed by atoms with Crippen LogP contribution in [0.2, 0.25) is 0 Å². The summed E-state index contributed by atoms with van der Waals surface area (Å²) in [4.78, 5) is 36.6. The second-order valence-corrected chi connectivity index (χ2v) is 6.99. The molecule has 6 nitrogen and oxygen atoms in total. The molecule has 2 rings (SSSR count). The van der Waals surface area contributed by atoms with Crippen molar-refractivity contribution < 1.29 is 36.7 Å². The lowest BCUT2D eigenvalue weighted by Crippen LogP contribution is -2.53. The summed E-state index contributed by atoms with van der Waals surface area (Å²) >= 11 is 0. The van der Waals surface area contributed by atoms with Crippen molar-refractivity contribution in [3.8, 4) is 0 Å². The number of carbonyl (C=O) groups is 3. The number of nitrogens with one attached hydrogen (secondary N) is 2. The minimum atomic E-state index is -4.66. The molecule has 2 amide bonds. The van der Waals surface area contributed by atoms with E-state index in [0.717, 1.165) is 20.1 Å². The number of alkyl halides is 3. The molecule has 0 aliphatic rings. The molecule has 0 bridgehead atoms. The Morgan fingerprint density at radius 1 is 0.906 bits per heavy atom. The first-order valence-electron chi connectivity index (χ1n) is 9.56. The summed E-state index contributed by atoms with van der Waals surface area (Å²) in [5.41, 5.74) is -1.03. The highest BCUT2D eigenvalue weighted by atomic mass is 19.4. The maximum absolute atomic E-state index is 14.0. The summed E-state index contributed by atoms with van der Waals surface area (Å²) in [7, 11) is 1.03. The second-order valence-electron chi connectivity index (χ2n) is 6.99. The van der Waals surface area contributed by atoms with Crippen molar-refractivity contribution >= 4 is 17.8 Å². The summed E-state index contributed by atoms with van der Waals surface area (Å²) in [6.45, 7) is 1.15. The minimum Gasteiger partial charge on any atom is -0.467 e. The molecule has 0 unspecified atom stereocenters. The van der Waals surface area contributed by atoms with Crippen LogP contribution in [-0.4, -0.2) is 37.0 Å². The molecular formula is C22H22F4N2O4. The van der Waals surface area contributed by atoms with Gasteiger partial charge in [0.1, 0.15) is 17.9 Å². The Morgan fingerprint density at radius 2 is 1.47 bits per heavy atom. The van der Waals surface area contributed by atoms with Gasteiger partial charge in [0, 0.05) is 19.8 Å². The molecule has 0 saturated heterocycles. The zero-order chi connectivity index (χ0) is 23.9. The van der Waals surface area contributed by atoms with Gasteiger partial charge >= 0.3 is 12.1 Å². The van der Waals surface area contributed by atoms with E-state index in [9.17, 15) is 31.9 Å². The first-order valence-corrected chi connectivity index (χ1v) is 9.56. The van der Waals surface area contributed by atoms with Gasteiger partial charge in [-0.2, -0.15) is 13.2 Å². The SMILES string of the molecule is COC(=O)[C@H](Cc1ccccc1C(F)(F)F)NC(=O)[C@@H](Cc1ccccc1F)NC(C)=O. The third kappa shape index (κ3) is 6.79. The van der Waals surface area contributed by atoms with Crippen molar-refractivity contribution in [1.82, 2.24) is 10.6 Å². The summed E-state index contributed by atoms with van der Waals surface area (Å²) in [6, 6.07) is 7.52. The van der Waals surface area contributed by atoms with Crippen molar-refractivity contribution in [2.45, 2.75) is 38.0 Å². The summed E-state index contributed by atoms with van der Waals surface area (Å²) in [5, 5.41) is 4.69. The van der Waals surface area contributed by atoms with Gasteiger partial charge in [-0.25, -0.2) is 9.18 Å². The molecule has 0 aliphatic heterocycles. The molecule has 0 aliphatic carbocycles. The molecule has 172 valence electrons. The van der Waals surface area contributed by atoms with Gasteiger partial charge in [0.15, 0.2) is 0 Å². The van der Waals surface area contributed by atoms with E-state index in [4.69, 9.17) is 0 Å². The topological polar surface area (TPSA) is 84.5 Å². The number of benzene rings is 2. The van der Waals surface area contributed by atoms with Crippen LogP contribution >= 0.6 is 0 Å². The quantitative estimate of drug-likeness (QED) is 0.475. The maximum atomic E-state index is 14.0. The fraction of sp³-hybridized carbons (Fsp3) is 0.318. The number of carbonyl (C=O) groups excluding carboxylic acids is 3. The first-order chi connectivity index (χ1) is 15.0. The van der Waals surface area contributed by atoms with Gasteiger partial charge in [-0.1, -0.05) is 36.4 Å². The van der Waals surface area contributed by atoms with Crippen LogP contribution in [0.25, 0.3) is 0 Å². The molecule has 0 fully saturated rings. The number of hydrogen-bond acceptors (Lipinski definition) is 4. The van der Waals surface area contributed by atoms with Gasteiger partial charge in [0.05, 0.1) is 12.7 Å². The Labute approximate surface area is 181 Å². The number of ether oxygens (including phenoxy) is 1. The maximum Gasteiger partial charge on any atom is 0.416 e. The lowest BCUT2D eigenvalue weighted by molar-refractivity contribution is -0.146. The van der Waals surface area contributed by atoms with Crippen LogP contribution in [-0.2, 0) is 38.1 Å². The normalized spacial score (nSPS) is 13.1. The lowest BCUT2D eigenvalue weighted by Gasteiger charge is -2.23. The van der Waals surface area contributed by atoms with Crippen LogP contribution in [0.15, 0.2) is 48.5 Å². The van der Waals surface area contributed by atoms with Crippen molar-refractivity contribution in [3.05, 3.63) is 71.0 Å². The monoisotopic (exact) mass is 454 g/mol. The zero-order valence-electron chi connectivity index (χ0n) is 17.3. The highest BCUT2D eigenvalue weighted by molar-refractivity contribution is 5.90. The van der Waals surface area contributed by atoms with Crippen LogP contribution < -0.4 is 10.6 Å². The molecule has 2 atom stereocenters. The van der Waals surface area contributed by atoms with Crippen LogP contribution in [0, 0.1) is 5.82 Å². The van der Waals surface area contributed by atoms with E-state index in [1.165, 1.54) is 36.4 Å². The number of halogens is 4. The molecule has 0 aromatic heterocycles. The molecule has 10 heteroatoms. The summed E-state index contributed by atoms with van der Waals surface area (Å²) in [6.07, 6.45) is -5.39. The van der Waals surface area contributed by atoms with Gasteiger partial charge in [-0.05, 0) is 23.3 Å². The highest BCUT2D eigenvalue weighted by Gasteiger charge is 2.35. The smallest absolute Gasteiger partial charge is 0.416 e. The number of amides is 2. The molecular weight excluding hydrogens is 432 g/mol. The van der Waals surface area contributed by atoms with E-state index in [1.54, 1.807) is 6.07 Å². The van der Waals surface area contributed by atoms with Gasteiger partial charge in [0.2, 0.25) is 11.8 Å². The lowest BCUT2D eigenvalue weighted by atomic mass is 9.99. The number of rotatable bonds is 8. The molecule has 2 aromatic rings. The third-order valence-corrected chi connectivity index (χ3v) is 4.62. The predicted molar refractivity (Wildman–Crippen MR) is 107 cm³/mol. The Hall–Kier alpha value is -3.43. The van der Waals surface area contributed by atoms with Crippen molar-refractivity contribution in [2.24, 2.45) is 0 Å². The summed E-state index contributed by atoms with van der Waals surface area (Å²) < 4.78 is 58.6. The predicted octanol–water partition coefficient (Wildman–Crippen LogP) is 2.79. The van der Waals surface area contributed by atoms with Crippen LogP contribution in [0.1, 0.15) is 23.6 Å². The number of methoxy groups -OCH3 is 1. The van der Waals surface area contributed by atoms with E-state index < -0.39 is 53.8 Å².